The summed E-state index contributed by atoms with van der Waals surface area (Å²) in [5, 5.41) is 0. The van der Waals surface area contributed by atoms with Crippen LogP contribution in [-0.4, -0.2) is 24.6 Å². The maximum Gasteiger partial charge on any atom is 0.345 e. The lowest BCUT2D eigenvalue weighted by Crippen LogP contribution is -2.25. The molecule has 1 aliphatic rings. The summed E-state index contributed by atoms with van der Waals surface area (Å²) in [5.41, 5.74) is 0.328. The van der Waals surface area contributed by atoms with E-state index in [2.05, 4.69) is 12.6 Å². The second-order valence-electron chi connectivity index (χ2n) is 3.76. The lowest BCUT2D eigenvalue weighted by atomic mass is 10.2. The van der Waals surface area contributed by atoms with Gasteiger partial charge in [-0.05, 0) is 37.1 Å². The number of carbonyl (C=O) groups is 2. The fourth-order valence-corrected chi connectivity index (χ4v) is 1.73. The molecular formula is C12H12O4S. The van der Waals surface area contributed by atoms with Gasteiger partial charge in [0.2, 0.25) is 0 Å². The van der Waals surface area contributed by atoms with Gasteiger partial charge >= 0.3 is 11.9 Å². The van der Waals surface area contributed by atoms with E-state index in [0.717, 1.165) is 11.3 Å². The van der Waals surface area contributed by atoms with Crippen molar-refractivity contribution in [3.8, 4) is 0 Å². The van der Waals surface area contributed by atoms with Crippen molar-refractivity contribution in [2.45, 2.75) is 23.8 Å². The maximum absolute atomic E-state index is 11.6. The molecule has 2 rings (SSSR count). The van der Waals surface area contributed by atoms with Gasteiger partial charge in [-0.1, -0.05) is 0 Å². The number of hydrogen-bond donors (Lipinski definition) is 1. The van der Waals surface area contributed by atoms with E-state index in [-0.39, 0.29) is 0 Å². The second kappa shape index (κ2) is 5.33. The Balaban J connectivity index is 1.96. The van der Waals surface area contributed by atoms with E-state index in [0.29, 0.717) is 18.6 Å². The average Bonchev–Trinajstić information content (AvgIpc) is 2.83. The van der Waals surface area contributed by atoms with Crippen LogP contribution in [-0.2, 0) is 14.3 Å². The Bertz CT molecular complexity index is 421. The summed E-state index contributed by atoms with van der Waals surface area (Å²) < 4.78 is 9.86. The van der Waals surface area contributed by atoms with Crippen molar-refractivity contribution in [3.63, 3.8) is 0 Å². The number of benzene rings is 1. The van der Waals surface area contributed by atoms with E-state index >= 15 is 0 Å². The normalized spacial score (nSPS) is 19.0. The zero-order valence-electron chi connectivity index (χ0n) is 9.09. The second-order valence-corrected chi connectivity index (χ2v) is 4.27. The minimum atomic E-state index is -0.654. The Hall–Kier alpha value is -1.33. The van der Waals surface area contributed by atoms with Gasteiger partial charge in [-0.25, -0.2) is 9.59 Å². The molecule has 1 heterocycles. The molecule has 0 unspecified atom stereocenters. The van der Waals surface area contributed by atoms with Crippen molar-refractivity contribution in [1.82, 2.24) is 0 Å². The van der Waals surface area contributed by atoms with Gasteiger partial charge in [-0.15, -0.1) is 12.6 Å². The Labute approximate surface area is 104 Å². The Morgan fingerprint density at radius 3 is 2.59 bits per heavy atom. The first-order chi connectivity index (χ1) is 8.16. The van der Waals surface area contributed by atoms with Gasteiger partial charge < -0.3 is 9.47 Å². The molecular weight excluding hydrogens is 240 g/mol. The van der Waals surface area contributed by atoms with Gasteiger partial charge in [0.25, 0.3) is 0 Å². The van der Waals surface area contributed by atoms with Gasteiger partial charge in [0.15, 0.2) is 6.10 Å². The summed E-state index contributed by atoms with van der Waals surface area (Å²) in [6.45, 7) is 0.544. The summed E-state index contributed by atoms with van der Waals surface area (Å²) in [4.78, 5) is 23.9. The van der Waals surface area contributed by atoms with Crippen molar-refractivity contribution in [1.29, 1.82) is 0 Å². The molecule has 1 fully saturated rings. The van der Waals surface area contributed by atoms with Crippen LogP contribution < -0.4 is 0 Å². The van der Waals surface area contributed by atoms with Gasteiger partial charge in [0.05, 0.1) is 5.56 Å². The minimum absolute atomic E-state index is 0.328. The van der Waals surface area contributed by atoms with E-state index in [1.807, 2.05) is 0 Å². The first-order valence-electron chi connectivity index (χ1n) is 5.33. The van der Waals surface area contributed by atoms with Crippen LogP contribution in [0.5, 0.6) is 0 Å². The highest BCUT2D eigenvalue weighted by Gasteiger charge is 2.27. The van der Waals surface area contributed by atoms with Crippen LogP contribution in [0, 0.1) is 0 Å². The van der Waals surface area contributed by atoms with Crippen molar-refractivity contribution in [2.75, 3.05) is 6.61 Å². The highest BCUT2D eigenvalue weighted by atomic mass is 32.1. The lowest BCUT2D eigenvalue weighted by molar-refractivity contribution is -0.148. The number of hydrogen-bond acceptors (Lipinski definition) is 5. The fraction of sp³-hybridized carbons (Fsp3) is 0.333. The first kappa shape index (κ1) is 12.1. The number of thiol groups is 1. The zero-order valence-corrected chi connectivity index (χ0v) is 9.98. The number of esters is 2. The molecule has 0 aromatic heterocycles. The molecule has 0 saturated carbocycles. The van der Waals surface area contributed by atoms with Gasteiger partial charge in [0, 0.05) is 11.5 Å². The Morgan fingerprint density at radius 1 is 1.29 bits per heavy atom. The van der Waals surface area contributed by atoms with E-state index in [1.54, 1.807) is 24.3 Å². The van der Waals surface area contributed by atoms with Crippen LogP contribution in [0.3, 0.4) is 0 Å². The number of carbonyl (C=O) groups excluding carboxylic acids is 2. The van der Waals surface area contributed by atoms with Gasteiger partial charge in [0.1, 0.15) is 0 Å². The van der Waals surface area contributed by atoms with E-state index in [9.17, 15) is 9.59 Å². The third-order valence-electron chi connectivity index (χ3n) is 2.49. The minimum Gasteiger partial charge on any atom is -0.387 e. The first-order valence-corrected chi connectivity index (χ1v) is 5.78. The Kier molecular flexibility index (Phi) is 3.81. The van der Waals surface area contributed by atoms with Crippen molar-refractivity contribution in [3.05, 3.63) is 29.8 Å². The molecule has 4 nitrogen and oxygen atoms in total. The molecule has 0 spiro atoms. The molecule has 0 N–H and O–H groups in total. The van der Waals surface area contributed by atoms with Crippen LogP contribution in [0.4, 0.5) is 0 Å². The molecule has 1 atom stereocenters. The highest BCUT2D eigenvalue weighted by molar-refractivity contribution is 7.80. The molecule has 5 heteroatoms. The molecule has 0 bridgehead atoms. The molecule has 17 heavy (non-hydrogen) atoms. The highest BCUT2D eigenvalue weighted by Crippen LogP contribution is 2.15. The molecule has 0 amide bonds. The molecule has 0 aliphatic carbocycles. The van der Waals surface area contributed by atoms with Crippen molar-refractivity contribution < 1.29 is 19.1 Å². The van der Waals surface area contributed by atoms with Crippen molar-refractivity contribution in [2.24, 2.45) is 0 Å². The van der Waals surface area contributed by atoms with E-state index < -0.39 is 18.0 Å². The molecule has 1 aromatic carbocycles. The molecule has 1 saturated heterocycles. The summed E-state index contributed by atoms with van der Waals surface area (Å²) in [6.07, 6.45) is 0.840. The SMILES string of the molecule is O=C(OC(=O)[C@H]1CCCO1)c1ccc(S)cc1. The third kappa shape index (κ3) is 3.08. The smallest absolute Gasteiger partial charge is 0.345 e. The van der Waals surface area contributed by atoms with Gasteiger partial charge in [-0.2, -0.15) is 0 Å². The molecule has 0 radical (unpaired) electrons. The lowest BCUT2D eigenvalue weighted by Gasteiger charge is -2.07. The predicted molar refractivity (Wildman–Crippen MR) is 63.1 cm³/mol. The Morgan fingerprint density at radius 2 is 2.00 bits per heavy atom. The topological polar surface area (TPSA) is 52.6 Å². The fourth-order valence-electron chi connectivity index (χ4n) is 1.58. The number of rotatable bonds is 2. The molecule has 1 aliphatic heterocycles. The molecule has 1 aromatic rings. The molecule has 90 valence electrons. The summed E-state index contributed by atoms with van der Waals surface area (Å²) in [5.74, 6) is -1.26. The van der Waals surface area contributed by atoms with Crippen LogP contribution in [0.1, 0.15) is 23.2 Å². The summed E-state index contributed by atoms with van der Waals surface area (Å²) >= 11 is 4.10. The van der Waals surface area contributed by atoms with Crippen LogP contribution in [0.2, 0.25) is 0 Å². The standard InChI is InChI=1S/C12H12O4S/c13-11(8-3-5-9(17)6-4-8)16-12(14)10-2-1-7-15-10/h3-6,10,17H,1-2,7H2/t10-/m1/s1. The van der Waals surface area contributed by atoms with Crippen LogP contribution in [0.25, 0.3) is 0 Å². The maximum atomic E-state index is 11.6. The van der Waals surface area contributed by atoms with Crippen LogP contribution >= 0.6 is 12.6 Å². The monoisotopic (exact) mass is 252 g/mol. The average molecular weight is 252 g/mol. The summed E-state index contributed by atoms with van der Waals surface area (Å²) in [6, 6.07) is 6.45. The van der Waals surface area contributed by atoms with Crippen LogP contribution in [0.15, 0.2) is 29.2 Å². The van der Waals surface area contributed by atoms with E-state index in [1.165, 1.54) is 0 Å². The zero-order chi connectivity index (χ0) is 12.3. The largest absolute Gasteiger partial charge is 0.387 e. The van der Waals surface area contributed by atoms with Crippen molar-refractivity contribution >= 4 is 24.6 Å². The summed E-state index contributed by atoms with van der Waals surface area (Å²) in [7, 11) is 0. The van der Waals surface area contributed by atoms with E-state index in [4.69, 9.17) is 9.47 Å². The third-order valence-corrected chi connectivity index (χ3v) is 2.79. The predicted octanol–water partition coefficient (Wildman–Crippen LogP) is 1.84. The van der Waals surface area contributed by atoms with Gasteiger partial charge in [-0.3, -0.25) is 0 Å². The number of ether oxygens (including phenoxy) is 2. The quantitative estimate of drug-likeness (QED) is 0.495.